The number of benzene rings is 1. The lowest BCUT2D eigenvalue weighted by molar-refractivity contribution is -0.647. The van der Waals surface area contributed by atoms with Crippen LogP contribution >= 0.6 is 0 Å². The molecule has 0 amide bonds. The third-order valence-electron chi connectivity index (χ3n) is 8.58. The number of carboxylic acid groups (broad SMARTS) is 2. The van der Waals surface area contributed by atoms with Crippen LogP contribution in [0.2, 0.25) is 0 Å². The summed E-state index contributed by atoms with van der Waals surface area (Å²) >= 11 is 0. The van der Waals surface area contributed by atoms with E-state index >= 15 is 0 Å². The van der Waals surface area contributed by atoms with Crippen LogP contribution in [-0.4, -0.2) is 60.5 Å². The summed E-state index contributed by atoms with van der Waals surface area (Å²) in [7, 11) is 1.63. The monoisotopic (exact) mass is 506 g/mol. The van der Waals surface area contributed by atoms with Crippen molar-refractivity contribution in [3.05, 3.63) is 29.8 Å². The summed E-state index contributed by atoms with van der Waals surface area (Å²) in [6.45, 7) is 2.71. The van der Waals surface area contributed by atoms with Crippen molar-refractivity contribution in [2.75, 3.05) is 27.1 Å². The number of carbonyl (C=O) groups is 2. The Bertz CT molecular complexity index is 961. The molecule has 36 heavy (non-hydrogen) atoms. The maximum Gasteiger partial charge on any atom is 0.317 e. The van der Waals surface area contributed by atoms with Gasteiger partial charge in [0.2, 0.25) is 0 Å². The van der Waals surface area contributed by atoms with Crippen LogP contribution < -0.4 is 4.74 Å². The molecule has 4 aliphatic carbocycles. The summed E-state index contributed by atoms with van der Waals surface area (Å²) in [6.07, 6.45) is 4.20. The molecular formula is C26H34O10. The van der Waals surface area contributed by atoms with Gasteiger partial charge in [-0.1, -0.05) is 12.1 Å². The molecule has 2 N–H and O–H groups in total. The third-order valence-corrected chi connectivity index (χ3v) is 8.58. The van der Waals surface area contributed by atoms with Crippen molar-refractivity contribution in [1.82, 2.24) is 0 Å². The van der Waals surface area contributed by atoms with Crippen molar-refractivity contribution in [2.45, 2.75) is 62.4 Å². The van der Waals surface area contributed by atoms with Crippen LogP contribution in [0, 0.1) is 23.7 Å². The van der Waals surface area contributed by atoms with Crippen LogP contribution in [0.3, 0.4) is 0 Å². The highest BCUT2D eigenvalue weighted by Crippen LogP contribution is 2.70. The second-order valence-corrected chi connectivity index (χ2v) is 10.5. The highest BCUT2D eigenvalue weighted by atomic mass is 17.3. The van der Waals surface area contributed by atoms with Gasteiger partial charge in [0, 0.05) is 37.7 Å². The van der Waals surface area contributed by atoms with Crippen molar-refractivity contribution < 1.29 is 48.5 Å². The van der Waals surface area contributed by atoms with E-state index in [2.05, 4.69) is 0 Å². The first-order chi connectivity index (χ1) is 17.3. The van der Waals surface area contributed by atoms with Crippen LogP contribution in [0.25, 0.3) is 0 Å². The van der Waals surface area contributed by atoms with Gasteiger partial charge in [0.1, 0.15) is 5.75 Å². The summed E-state index contributed by atoms with van der Waals surface area (Å²) < 4.78 is 23.5. The van der Waals surface area contributed by atoms with Crippen molar-refractivity contribution >= 4 is 11.9 Å². The van der Waals surface area contributed by atoms with Gasteiger partial charge in [-0.05, 0) is 63.5 Å². The van der Waals surface area contributed by atoms with E-state index in [1.54, 1.807) is 7.11 Å². The van der Waals surface area contributed by atoms with E-state index < -0.39 is 34.8 Å². The van der Waals surface area contributed by atoms with Gasteiger partial charge in [0.15, 0.2) is 18.3 Å². The summed E-state index contributed by atoms with van der Waals surface area (Å²) in [5.74, 6) is -3.90. The number of aliphatic carboxylic acids is 2. The number of rotatable bonds is 12. The van der Waals surface area contributed by atoms with Crippen LogP contribution in [0.1, 0.15) is 51.0 Å². The minimum atomic E-state index is -1.47. The quantitative estimate of drug-likeness (QED) is 0.188. The summed E-state index contributed by atoms with van der Waals surface area (Å²) in [5, 5.41) is 18.4. The summed E-state index contributed by atoms with van der Waals surface area (Å²) in [5.41, 5.74) is -0.266. The van der Waals surface area contributed by atoms with Gasteiger partial charge < -0.3 is 29.2 Å². The molecule has 10 nitrogen and oxygen atoms in total. The number of hydrogen-bond donors (Lipinski definition) is 2. The molecule has 3 unspecified atom stereocenters. The van der Waals surface area contributed by atoms with Gasteiger partial charge in [-0.2, -0.15) is 4.89 Å². The molecular weight excluding hydrogens is 472 g/mol. The lowest BCUT2D eigenvalue weighted by Crippen LogP contribution is -2.78. The molecule has 6 rings (SSSR count). The number of methoxy groups -OCH3 is 1. The van der Waals surface area contributed by atoms with Crippen LogP contribution in [-0.2, 0) is 39.4 Å². The molecule has 4 saturated carbocycles. The van der Waals surface area contributed by atoms with E-state index in [1.807, 2.05) is 31.2 Å². The first kappa shape index (κ1) is 25.4. The number of ether oxygens (including phenoxy) is 4. The van der Waals surface area contributed by atoms with E-state index in [1.165, 1.54) is 0 Å². The molecule has 5 fully saturated rings. The highest BCUT2D eigenvalue weighted by Gasteiger charge is 2.78. The van der Waals surface area contributed by atoms with Gasteiger partial charge in [-0.15, -0.1) is 0 Å². The fourth-order valence-electron chi connectivity index (χ4n) is 7.27. The fraction of sp³-hybridized carbons (Fsp3) is 0.692. The average Bonchev–Trinajstić information content (AvgIpc) is 2.81. The zero-order valence-electron chi connectivity index (χ0n) is 20.6. The molecule has 0 radical (unpaired) electrons. The Labute approximate surface area is 209 Å². The number of hydrogen-bond acceptors (Lipinski definition) is 8. The van der Waals surface area contributed by atoms with Crippen LogP contribution in [0.5, 0.6) is 5.75 Å². The largest absolute Gasteiger partial charge is 0.481 e. The van der Waals surface area contributed by atoms with Crippen molar-refractivity contribution in [2.24, 2.45) is 23.7 Å². The Morgan fingerprint density at radius 2 is 1.83 bits per heavy atom. The maximum atomic E-state index is 11.3. The third kappa shape index (κ3) is 3.90. The van der Waals surface area contributed by atoms with Crippen LogP contribution in [0.4, 0.5) is 0 Å². The Hall–Kier alpha value is -2.24. The molecule has 198 valence electrons. The van der Waals surface area contributed by atoms with Gasteiger partial charge in [-0.3, -0.25) is 9.59 Å². The Morgan fingerprint density at radius 3 is 2.42 bits per heavy atom. The Balaban J connectivity index is 1.35. The van der Waals surface area contributed by atoms with Gasteiger partial charge in [0.05, 0.1) is 5.60 Å². The lowest BCUT2D eigenvalue weighted by Gasteiger charge is -2.70. The average molecular weight is 507 g/mol. The second kappa shape index (κ2) is 9.57. The second-order valence-electron chi connectivity index (χ2n) is 10.5. The summed E-state index contributed by atoms with van der Waals surface area (Å²) in [4.78, 5) is 34.4. The highest BCUT2D eigenvalue weighted by molar-refractivity contribution is 5.92. The normalized spacial score (nSPS) is 36.2. The van der Waals surface area contributed by atoms with Crippen molar-refractivity contribution in [3.63, 3.8) is 0 Å². The zero-order chi connectivity index (χ0) is 25.6. The smallest absolute Gasteiger partial charge is 0.317 e. The summed E-state index contributed by atoms with van der Waals surface area (Å²) in [6, 6.07) is 7.62. The minimum Gasteiger partial charge on any atom is -0.481 e. The van der Waals surface area contributed by atoms with Crippen LogP contribution in [0.15, 0.2) is 24.3 Å². The molecule has 1 aromatic carbocycles. The predicted molar refractivity (Wildman–Crippen MR) is 123 cm³/mol. The molecule has 5 aliphatic rings. The maximum absolute atomic E-state index is 11.3. The standard InChI is InChI=1S/C26H34O10/c1-3-32-15-33-20-6-4-5-17(11-20)26(31-2)25(35-36-26)18-9-16-10-19(25)14-24(12-16,13-18)34-8-7-21(22(27)28)23(29)30/h4-6,11,16,18-19,21H,3,7-10,12-15H2,1-2H3,(H,27,28)(H,29,30). The van der Waals surface area contributed by atoms with E-state index in [-0.39, 0.29) is 31.7 Å². The lowest BCUT2D eigenvalue weighted by atomic mass is 9.45. The van der Waals surface area contributed by atoms with Gasteiger partial charge in [0.25, 0.3) is 5.79 Å². The molecule has 1 aliphatic heterocycles. The van der Waals surface area contributed by atoms with E-state index in [4.69, 9.17) is 28.7 Å². The minimum absolute atomic E-state index is 0.0618. The first-order valence-electron chi connectivity index (χ1n) is 12.6. The molecule has 1 spiro atoms. The topological polar surface area (TPSA) is 130 Å². The molecule has 4 bridgehead atoms. The fourth-order valence-corrected chi connectivity index (χ4v) is 7.27. The SMILES string of the molecule is CCOCOc1cccc(C2(OC)OOC23C2CC4CC3CC(OCCC(C(=O)O)C(=O)O)(C4)C2)c1. The molecule has 0 aromatic heterocycles. The molecule has 1 heterocycles. The predicted octanol–water partition coefficient (Wildman–Crippen LogP) is 3.33. The van der Waals surface area contributed by atoms with Crippen molar-refractivity contribution in [3.8, 4) is 5.75 Å². The van der Waals surface area contributed by atoms with E-state index in [9.17, 15) is 19.8 Å². The van der Waals surface area contributed by atoms with Gasteiger partial charge in [-0.25, -0.2) is 4.89 Å². The molecule has 1 saturated heterocycles. The van der Waals surface area contributed by atoms with Gasteiger partial charge >= 0.3 is 11.9 Å². The van der Waals surface area contributed by atoms with E-state index in [0.29, 0.717) is 18.3 Å². The Kier molecular flexibility index (Phi) is 6.76. The Morgan fingerprint density at radius 1 is 1.11 bits per heavy atom. The molecule has 10 heteroatoms. The zero-order valence-corrected chi connectivity index (χ0v) is 20.6. The van der Waals surface area contributed by atoms with E-state index in [0.717, 1.165) is 37.7 Å². The molecule has 1 aromatic rings. The number of carboxylic acids is 2. The first-order valence-corrected chi connectivity index (χ1v) is 12.6. The molecule has 3 atom stereocenters. The van der Waals surface area contributed by atoms with Crippen molar-refractivity contribution in [1.29, 1.82) is 0 Å².